The van der Waals surface area contributed by atoms with Gasteiger partial charge in [-0.2, -0.15) is 10.2 Å². The van der Waals surface area contributed by atoms with E-state index in [0.717, 1.165) is 10.9 Å². The fourth-order valence-electron chi connectivity index (χ4n) is 3.35. The third-order valence-electron chi connectivity index (χ3n) is 4.78. The van der Waals surface area contributed by atoms with Crippen LogP contribution in [0.4, 0.5) is 0 Å². The molecular formula is C23H18ClN4NaO4. The van der Waals surface area contributed by atoms with Crippen LogP contribution in [0, 0.1) is 11.3 Å². The number of carbonyl (C=O) groups excluding carboxylic acids is 1. The van der Waals surface area contributed by atoms with Gasteiger partial charge in [0.25, 0.3) is 5.89 Å². The molecule has 0 bridgehead atoms. The summed E-state index contributed by atoms with van der Waals surface area (Å²) in [4.78, 5) is 15.2. The second-order valence-corrected chi connectivity index (χ2v) is 7.84. The standard InChI is InChI=1S/C23H19ClN4O4.Na/c1-13(2)31-20-6-4-15(9-16(20)11-25)23-26-22(27-32-23)14-3-5-19-17(10-14)18(24)12-28(19)8-7-21(29)30;/h3-6,9-10,12-13H,7-8H2,1-2H3,(H,29,30);/q;+1/p-1. The van der Waals surface area contributed by atoms with Crippen molar-refractivity contribution in [2.75, 3.05) is 0 Å². The van der Waals surface area contributed by atoms with E-state index in [1.165, 1.54) is 0 Å². The van der Waals surface area contributed by atoms with Gasteiger partial charge in [-0.25, -0.2) is 0 Å². The topological polar surface area (TPSA) is 117 Å². The number of aliphatic carboxylic acids is 1. The van der Waals surface area contributed by atoms with Crippen LogP contribution in [0.2, 0.25) is 5.02 Å². The molecule has 0 aliphatic heterocycles. The van der Waals surface area contributed by atoms with Gasteiger partial charge in [-0.05, 0) is 50.2 Å². The minimum Gasteiger partial charge on any atom is -0.550 e. The monoisotopic (exact) mass is 472 g/mol. The van der Waals surface area contributed by atoms with E-state index in [1.54, 1.807) is 29.0 Å². The number of aryl methyl sites for hydroxylation is 1. The van der Waals surface area contributed by atoms with Crippen molar-refractivity contribution in [3.8, 4) is 34.7 Å². The Bertz CT molecular complexity index is 1360. The van der Waals surface area contributed by atoms with Crippen LogP contribution in [-0.4, -0.2) is 26.8 Å². The number of hydrogen-bond donors (Lipinski definition) is 0. The molecule has 2 heterocycles. The summed E-state index contributed by atoms with van der Waals surface area (Å²) in [5, 5.41) is 25.5. The first-order valence-corrected chi connectivity index (χ1v) is 10.3. The summed E-state index contributed by atoms with van der Waals surface area (Å²) < 4.78 is 12.8. The van der Waals surface area contributed by atoms with E-state index in [9.17, 15) is 15.2 Å². The first-order chi connectivity index (χ1) is 15.4. The van der Waals surface area contributed by atoms with Gasteiger partial charge in [0.05, 0.1) is 16.7 Å². The van der Waals surface area contributed by atoms with Crippen LogP contribution in [0.1, 0.15) is 25.8 Å². The van der Waals surface area contributed by atoms with E-state index >= 15 is 0 Å². The van der Waals surface area contributed by atoms with Gasteiger partial charge in [-0.3, -0.25) is 0 Å². The molecule has 0 saturated carbocycles. The zero-order chi connectivity index (χ0) is 22.8. The van der Waals surface area contributed by atoms with Gasteiger partial charge in [-0.15, -0.1) is 0 Å². The largest absolute Gasteiger partial charge is 1.00 e. The molecule has 162 valence electrons. The molecule has 4 rings (SSSR count). The molecule has 0 N–H and O–H groups in total. The number of carboxylic acid groups (broad SMARTS) is 1. The molecule has 0 unspecified atom stereocenters. The van der Waals surface area contributed by atoms with Crippen molar-refractivity contribution < 1.29 is 48.7 Å². The third kappa shape index (κ3) is 5.40. The molecular weight excluding hydrogens is 455 g/mol. The van der Waals surface area contributed by atoms with Gasteiger partial charge in [0.1, 0.15) is 11.8 Å². The van der Waals surface area contributed by atoms with Gasteiger partial charge < -0.3 is 23.7 Å². The molecule has 0 spiro atoms. The molecule has 10 heteroatoms. The number of nitrogens with zero attached hydrogens (tertiary/aromatic N) is 4. The summed E-state index contributed by atoms with van der Waals surface area (Å²) in [7, 11) is 0. The number of rotatable bonds is 7. The second-order valence-electron chi connectivity index (χ2n) is 7.44. The number of ether oxygens (including phenoxy) is 1. The fourth-order valence-corrected chi connectivity index (χ4v) is 3.62. The van der Waals surface area contributed by atoms with Crippen molar-refractivity contribution in [3.05, 3.63) is 53.2 Å². The number of halogens is 1. The smallest absolute Gasteiger partial charge is 0.550 e. The van der Waals surface area contributed by atoms with E-state index in [0.29, 0.717) is 33.3 Å². The van der Waals surface area contributed by atoms with Crippen LogP contribution >= 0.6 is 11.6 Å². The Hall–Kier alpha value is -2.83. The molecule has 0 amide bonds. The molecule has 4 aromatic rings. The SMILES string of the molecule is CC(C)Oc1ccc(-c2nc(-c3ccc4c(c3)c(Cl)cn4CCC(=O)[O-])no2)cc1C#N.[Na+]. The minimum absolute atomic E-state index is 0. The van der Waals surface area contributed by atoms with Crippen LogP contribution in [-0.2, 0) is 11.3 Å². The Labute approximate surface area is 217 Å². The molecule has 0 atom stereocenters. The summed E-state index contributed by atoms with van der Waals surface area (Å²) in [5.41, 5.74) is 2.46. The Kier molecular flexibility index (Phi) is 7.82. The number of benzene rings is 2. The van der Waals surface area contributed by atoms with Crippen molar-refractivity contribution in [1.82, 2.24) is 14.7 Å². The van der Waals surface area contributed by atoms with Crippen LogP contribution in [0.25, 0.3) is 33.7 Å². The van der Waals surface area contributed by atoms with Crippen molar-refractivity contribution >= 4 is 28.5 Å². The normalized spacial score (nSPS) is 10.8. The van der Waals surface area contributed by atoms with Crippen LogP contribution in [0.5, 0.6) is 5.75 Å². The quantitative estimate of drug-likeness (QED) is 0.365. The maximum Gasteiger partial charge on any atom is 1.00 e. The van der Waals surface area contributed by atoms with E-state index in [4.69, 9.17) is 20.9 Å². The summed E-state index contributed by atoms with van der Waals surface area (Å²) in [6.45, 7) is 4.04. The molecule has 0 aliphatic carbocycles. The van der Waals surface area contributed by atoms with Crippen molar-refractivity contribution in [1.29, 1.82) is 5.26 Å². The maximum absolute atomic E-state index is 10.8. The predicted octanol–water partition coefficient (Wildman–Crippen LogP) is 0.815. The summed E-state index contributed by atoms with van der Waals surface area (Å²) >= 11 is 6.35. The second kappa shape index (κ2) is 10.4. The van der Waals surface area contributed by atoms with Gasteiger partial charge >= 0.3 is 29.6 Å². The molecule has 2 aromatic heterocycles. The molecule has 0 fully saturated rings. The minimum atomic E-state index is -1.12. The molecule has 33 heavy (non-hydrogen) atoms. The number of hydrogen-bond acceptors (Lipinski definition) is 7. The maximum atomic E-state index is 10.8. The van der Waals surface area contributed by atoms with Gasteiger partial charge in [-0.1, -0.05) is 16.8 Å². The third-order valence-corrected chi connectivity index (χ3v) is 5.08. The molecule has 0 radical (unpaired) electrons. The molecule has 0 aliphatic rings. The van der Waals surface area contributed by atoms with E-state index < -0.39 is 5.97 Å². The molecule has 0 saturated heterocycles. The predicted molar refractivity (Wildman–Crippen MR) is 116 cm³/mol. The van der Waals surface area contributed by atoms with Crippen LogP contribution in [0.15, 0.2) is 47.1 Å². The van der Waals surface area contributed by atoms with Crippen molar-refractivity contribution in [2.24, 2.45) is 0 Å². The van der Waals surface area contributed by atoms with Crippen LogP contribution in [0.3, 0.4) is 0 Å². The summed E-state index contributed by atoms with van der Waals surface area (Å²) in [6.07, 6.45) is 1.52. The Morgan fingerprint density at radius 2 is 2.03 bits per heavy atom. The number of nitriles is 1. The Morgan fingerprint density at radius 1 is 1.27 bits per heavy atom. The first-order valence-electron chi connectivity index (χ1n) is 9.89. The van der Waals surface area contributed by atoms with Crippen molar-refractivity contribution in [2.45, 2.75) is 32.9 Å². The summed E-state index contributed by atoms with van der Waals surface area (Å²) in [6, 6.07) is 12.7. The molecule has 8 nitrogen and oxygen atoms in total. The van der Waals surface area contributed by atoms with Gasteiger partial charge in [0.2, 0.25) is 5.82 Å². The Morgan fingerprint density at radius 3 is 2.73 bits per heavy atom. The zero-order valence-electron chi connectivity index (χ0n) is 18.3. The average Bonchev–Trinajstić information content (AvgIpc) is 3.37. The number of carbonyl (C=O) groups is 1. The first kappa shape index (κ1) is 24.8. The zero-order valence-corrected chi connectivity index (χ0v) is 21.1. The van der Waals surface area contributed by atoms with Gasteiger partial charge in [0, 0.05) is 47.2 Å². The molecule has 2 aromatic carbocycles. The van der Waals surface area contributed by atoms with E-state index in [1.807, 2.05) is 32.0 Å². The van der Waals surface area contributed by atoms with Crippen LogP contribution < -0.4 is 39.4 Å². The summed E-state index contributed by atoms with van der Waals surface area (Å²) in [5.74, 6) is 0.00309. The number of fused-ring (bicyclic) bond motifs is 1. The van der Waals surface area contributed by atoms with E-state index in [-0.39, 0.29) is 54.5 Å². The average molecular weight is 473 g/mol. The van der Waals surface area contributed by atoms with Gasteiger partial charge in [0.15, 0.2) is 0 Å². The van der Waals surface area contributed by atoms with E-state index in [2.05, 4.69) is 16.2 Å². The number of carboxylic acids is 1. The Balaban J connectivity index is 0.00000306. The number of aromatic nitrogens is 3. The fraction of sp³-hybridized carbons (Fsp3) is 0.217. The van der Waals surface area contributed by atoms with Crippen molar-refractivity contribution in [3.63, 3.8) is 0 Å².